The average Bonchev–Trinajstić information content (AvgIpc) is 3.15. The predicted molar refractivity (Wildman–Crippen MR) is 121 cm³/mol. The fourth-order valence-electron chi connectivity index (χ4n) is 3.64. The molecule has 2 amide bonds. The highest BCUT2D eigenvalue weighted by atomic mass is 32.1. The van der Waals surface area contributed by atoms with Gasteiger partial charge in [-0.2, -0.15) is 0 Å². The molecule has 0 atom stereocenters. The molecule has 31 heavy (non-hydrogen) atoms. The van der Waals surface area contributed by atoms with Gasteiger partial charge in [0, 0.05) is 18.7 Å². The monoisotopic (exact) mass is 440 g/mol. The summed E-state index contributed by atoms with van der Waals surface area (Å²) in [5, 5.41) is 6.04. The van der Waals surface area contributed by atoms with Gasteiger partial charge < -0.3 is 14.8 Å². The van der Waals surface area contributed by atoms with E-state index in [-0.39, 0.29) is 12.0 Å². The normalized spacial score (nSPS) is 14.3. The second kappa shape index (κ2) is 9.30. The molecule has 2 aromatic heterocycles. The summed E-state index contributed by atoms with van der Waals surface area (Å²) in [5.41, 5.74) is 2.96. The molecule has 8 nitrogen and oxygen atoms in total. The molecule has 3 aromatic rings. The maximum Gasteiger partial charge on any atom is 0.412 e. The van der Waals surface area contributed by atoms with Crippen LogP contribution in [-0.2, 0) is 9.53 Å². The third kappa shape index (κ3) is 5.11. The van der Waals surface area contributed by atoms with Crippen LogP contribution in [0.5, 0.6) is 5.88 Å². The van der Waals surface area contributed by atoms with Gasteiger partial charge in [-0.05, 0) is 49.4 Å². The highest BCUT2D eigenvalue weighted by molar-refractivity contribution is 7.22. The number of hydrogen-bond acceptors (Lipinski definition) is 7. The second-order valence-electron chi connectivity index (χ2n) is 7.45. The first-order valence-electron chi connectivity index (χ1n) is 10.2. The molecule has 0 unspecified atom stereocenters. The van der Waals surface area contributed by atoms with Crippen molar-refractivity contribution in [1.29, 1.82) is 0 Å². The van der Waals surface area contributed by atoms with Crippen molar-refractivity contribution in [2.24, 2.45) is 0 Å². The van der Waals surface area contributed by atoms with Crippen LogP contribution in [0.15, 0.2) is 30.5 Å². The molecule has 9 heteroatoms. The molecule has 1 aromatic carbocycles. The number of aromatic nitrogens is 2. The Balaban J connectivity index is 1.56. The Morgan fingerprint density at radius 1 is 1.10 bits per heavy atom. The standard InChI is InChI=1S/C22H24N4O4S/c1-13(27)24-21-25-17-9-8-14(11-19(17)31-21)15-10-18(20(29-2)23-12-15)26-22(28)30-16-6-4-3-5-7-16/h8-12,16H,3-7H2,1-2H3,(H,26,28)(H,24,25,27). The summed E-state index contributed by atoms with van der Waals surface area (Å²) in [6, 6.07) is 7.60. The summed E-state index contributed by atoms with van der Waals surface area (Å²) in [5.74, 6) is 0.158. The van der Waals surface area contributed by atoms with Crippen molar-refractivity contribution < 1.29 is 19.1 Å². The molecule has 1 aliphatic carbocycles. The summed E-state index contributed by atoms with van der Waals surface area (Å²) < 4.78 is 11.8. The van der Waals surface area contributed by atoms with Crippen molar-refractivity contribution in [3.8, 4) is 17.0 Å². The minimum atomic E-state index is -0.498. The van der Waals surface area contributed by atoms with Gasteiger partial charge in [0.2, 0.25) is 11.8 Å². The Hall–Kier alpha value is -3.20. The van der Waals surface area contributed by atoms with Crippen LogP contribution in [0.2, 0.25) is 0 Å². The van der Waals surface area contributed by atoms with E-state index >= 15 is 0 Å². The van der Waals surface area contributed by atoms with E-state index in [1.807, 2.05) is 24.3 Å². The number of fused-ring (bicyclic) bond motifs is 1. The van der Waals surface area contributed by atoms with E-state index in [0.717, 1.165) is 47.0 Å². The lowest BCUT2D eigenvalue weighted by atomic mass is 9.98. The van der Waals surface area contributed by atoms with Gasteiger partial charge >= 0.3 is 6.09 Å². The molecule has 0 aliphatic heterocycles. The molecule has 1 aliphatic rings. The molecule has 0 saturated heterocycles. The molecule has 0 radical (unpaired) electrons. The number of hydrogen-bond donors (Lipinski definition) is 2. The van der Waals surface area contributed by atoms with Gasteiger partial charge in [0.1, 0.15) is 11.8 Å². The van der Waals surface area contributed by atoms with Crippen LogP contribution in [0.4, 0.5) is 15.6 Å². The van der Waals surface area contributed by atoms with E-state index in [0.29, 0.717) is 16.7 Å². The zero-order valence-electron chi connectivity index (χ0n) is 17.4. The van der Waals surface area contributed by atoms with E-state index in [4.69, 9.17) is 9.47 Å². The van der Waals surface area contributed by atoms with Crippen molar-refractivity contribution in [3.63, 3.8) is 0 Å². The molecule has 2 N–H and O–H groups in total. The van der Waals surface area contributed by atoms with Crippen LogP contribution < -0.4 is 15.4 Å². The van der Waals surface area contributed by atoms with Crippen LogP contribution in [0, 0.1) is 0 Å². The first-order chi connectivity index (χ1) is 15.0. The third-order valence-corrected chi connectivity index (χ3v) is 6.05. The zero-order chi connectivity index (χ0) is 21.8. The number of amides is 2. The number of anilines is 2. The lowest BCUT2D eigenvalue weighted by Gasteiger charge is -2.22. The van der Waals surface area contributed by atoms with E-state index in [9.17, 15) is 9.59 Å². The number of carbonyl (C=O) groups excluding carboxylic acids is 2. The minimum Gasteiger partial charge on any atom is -0.480 e. The Labute approximate surface area is 184 Å². The average molecular weight is 441 g/mol. The molecular formula is C22H24N4O4S. The molecule has 162 valence electrons. The molecular weight excluding hydrogens is 416 g/mol. The lowest BCUT2D eigenvalue weighted by Crippen LogP contribution is -2.24. The van der Waals surface area contributed by atoms with E-state index < -0.39 is 6.09 Å². The van der Waals surface area contributed by atoms with Crippen LogP contribution in [-0.4, -0.2) is 35.2 Å². The lowest BCUT2D eigenvalue weighted by molar-refractivity contribution is -0.114. The van der Waals surface area contributed by atoms with Crippen LogP contribution >= 0.6 is 11.3 Å². The SMILES string of the molecule is COc1ncc(-c2ccc3nc(NC(C)=O)sc3c2)cc1NC(=O)OC1CCCCC1. The number of nitrogens with one attached hydrogen (secondary N) is 2. The number of pyridine rings is 1. The molecule has 1 saturated carbocycles. The van der Waals surface area contributed by atoms with E-state index in [1.165, 1.54) is 31.8 Å². The van der Waals surface area contributed by atoms with Gasteiger partial charge in [-0.1, -0.05) is 23.8 Å². The number of methoxy groups -OCH3 is 1. The van der Waals surface area contributed by atoms with Gasteiger partial charge in [-0.3, -0.25) is 10.1 Å². The van der Waals surface area contributed by atoms with Crippen molar-refractivity contribution in [3.05, 3.63) is 30.5 Å². The Morgan fingerprint density at radius 2 is 1.90 bits per heavy atom. The summed E-state index contributed by atoms with van der Waals surface area (Å²) in [6.07, 6.45) is 6.32. The molecule has 0 spiro atoms. The summed E-state index contributed by atoms with van der Waals surface area (Å²) in [7, 11) is 1.51. The predicted octanol–water partition coefficient (Wildman–Crippen LogP) is 5.21. The van der Waals surface area contributed by atoms with Gasteiger partial charge in [0.25, 0.3) is 0 Å². The Bertz CT molecular complexity index is 1110. The first kappa shape index (κ1) is 21.0. The van der Waals surface area contributed by atoms with Gasteiger partial charge in [0.05, 0.1) is 17.3 Å². The minimum absolute atomic E-state index is 0.0394. The molecule has 4 rings (SSSR count). The third-order valence-electron chi connectivity index (χ3n) is 5.11. The Morgan fingerprint density at radius 3 is 2.65 bits per heavy atom. The summed E-state index contributed by atoms with van der Waals surface area (Å²) in [6.45, 7) is 1.45. The van der Waals surface area contributed by atoms with Crippen molar-refractivity contribution in [2.45, 2.75) is 45.1 Å². The van der Waals surface area contributed by atoms with Gasteiger partial charge in [-0.15, -0.1) is 0 Å². The number of carbonyl (C=O) groups is 2. The quantitative estimate of drug-likeness (QED) is 0.565. The summed E-state index contributed by atoms with van der Waals surface area (Å²) >= 11 is 1.40. The number of thiazole rings is 1. The maximum atomic E-state index is 12.4. The number of rotatable bonds is 5. The maximum absolute atomic E-state index is 12.4. The number of nitrogens with zero attached hydrogens (tertiary/aromatic N) is 2. The van der Waals surface area contributed by atoms with Crippen molar-refractivity contribution in [2.75, 3.05) is 17.7 Å². The molecule has 0 bridgehead atoms. The second-order valence-corrected chi connectivity index (χ2v) is 8.48. The highest BCUT2D eigenvalue weighted by Gasteiger charge is 2.19. The molecule has 2 heterocycles. The van der Waals surface area contributed by atoms with Crippen LogP contribution in [0.1, 0.15) is 39.0 Å². The van der Waals surface area contributed by atoms with E-state index in [2.05, 4.69) is 20.6 Å². The zero-order valence-corrected chi connectivity index (χ0v) is 18.3. The largest absolute Gasteiger partial charge is 0.480 e. The fraction of sp³-hybridized carbons (Fsp3) is 0.364. The smallest absolute Gasteiger partial charge is 0.412 e. The highest BCUT2D eigenvalue weighted by Crippen LogP contribution is 2.33. The van der Waals surface area contributed by atoms with Gasteiger partial charge in [0.15, 0.2) is 5.13 Å². The van der Waals surface area contributed by atoms with Crippen LogP contribution in [0.3, 0.4) is 0 Å². The first-order valence-corrected chi connectivity index (χ1v) is 11.0. The Kier molecular flexibility index (Phi) is 6.31. The van der Waals surface area contributed by atoms with E-state index in [1.54, 1.807) is 6.20 Å². The number of benzene rings is 1. The topological polar surface area (TPSA) is 102 Å². The molecule has 1 fully saturated rings. The van der Waals surface area contributed by atoms with Crippen molar-refractivity contribution in [1.82, 2.24) is 9.97 Å². The van der Waals surface area contributed by atoms with Gasteiger partial charge in [-0.25, -0.2) is 14.8 Å². The van der Waals surface area contributed by atoms with Crippen LogP contribution in [0.25, 0.3) is 21.3 Å². The van der Waals surface area contributed by atoms with Crippen molar-refractivity contribution >= 4 is 44.4 Å². The number of ether oxygens (including phenoxy) is 2. The fourth-order valence-corrected chi connectivity index (χ4v) is 4.60. The summed E-state index contributed by atoms with van der Waals surface area (Å²) in [4.78, 5) is 32.4.